The molecule has 0 fully saturated rings. The molecule has 7 nitrogen and oxygen atoms in total. The molecule has 1 aromatic carbocycles. The van der Waals surface area contributed by atoms with Crippen molar-refractivity contribution in [2.75, 3.05) is 6.61 Å². The van der Waals surface area contributed by atoms with Crippen molar-refractivity contribution in [3.05, 3.63) is 31.8 Å². The van der Waals surface area contributed by atoms with E-state index in [0.717, 1.165) is 0 Å². The van der Waals surface area contributed by atoms with Gasteiger partial charge in [0.05, 0.1) is 22.7 Å². The van der Waals surface area contributed by atoms with Gasteiger partial charge in [-0.25, -0.2) is 9.59 Å². The van der Waals surface area contributed by atoms with Gasteiger partial charge in [-0.15, -0.1) is 0 Å². The van der Waals surface area contributed by atoms with Crippen molar-refractivity contribution in [3.63, 3.8) is 0 Å². The first kappa shape index (κ1) is 19.6. The largest absolute Gasteiger partial charge is 0.506 e. The molecule has 9 heteroatoms. The van der Waals surface area contributed by atoms with Crippen LogP contribution in [0.5, 0.6) is 11.5 Å². The summed E-state index contributed by atoms with van der Waals surface area (Å²) in [4.78, 5) is 24.4. The van der Waals surface area contributed by atoms with E-state index < -0.39 is 18.0 Å². The zero-order chi connectivity index (χ0) is 18.9. The number of benzene rings is 1. The zero-order valence-corrected chi connectivity index (χ0v) is 17.0. The highest BCUT2D eigenvalue weighted by Crippen LogP contribution is 2.45. The second-order valence-corrected chi connectivity index (χ2v) is 7.67. The summed E-state index contributed by atoms with van der Waals surface area (Å²) in [5.74, 6) is -0.913. The molecule has 0 aromatic heterocycles. The highest BCUT2D eigenvalue weighted by molar-refractivity contribution is 9.11. The Morgan fingerprint density at radius 2 is 1.96 bits per heavy atom. The quantitative estimate of drug-likeness (QED) is 0.497. The van der Waals surface area contributed by atoms with E-state index >= 15 is 0 Å². The Kier molecular flexibility index (Phi) is 5.99. The lowest BCUT2D eigenvalue weighted by molar-refractivity contribution is -0.140. The van der Waals surface area contributed by atoms with Crippen LogP contribution in [-0.4, -0.2) is 28.8 Å². The summed E-state index contributed by atoms with van der Waals surface area (Å²) in [7, 11) is 0. The molecular formula is C16H18Br2N2O5. The Balaban J connectivity index is 2.52. The number of carbonyl (C=O) groups is 2. The number of hydrogen-bond donors (Lipinski definition) is 4. The number of allylic oxidation sites excluding steroid dienone is 1. The van der Waals surface area contributed by atoms with E-state index in [1.54, 1.807) is 6.92 Å². The number of ether oxygens (including phenoxy) is 1. The number of phenolic OH excluding ortho intramolecular Hbond substituents is 2. The number of carbonyl (C=O) groups excluding carboxylic acids is 2. The molecule has 2 amide bonds. The maximum absolute atomic E-state index is 12.5. The minimum Gasteiger partial charge on any atom is -0.506 e. The van der Waals surface area contributed by atoms with Crippen molar-refractivity contribution in [2.45, 2.75) is 26.8 Å². The first-order valence-corrected chi connectivity index (χ1v) is 9.07. The van der Waals surface area contributed by atoms with E-state index in [1.807, 2.05) is 13.8 Å². The van der Waals surface area contributed by atoms with Crippen molar-refractivity contribution in [3.8, 4) is 11.5 Å². The standard InChI is InChI=1S/C16H18Br2N2O5/c1-6(2)5-25-15(23)10-7(3)19-16(24)20-12(10)8-4-9(17)14(22)11(18)13(8)21/h4,6,12,21-22H,5H2,1-3H3,(H2,19,20,24). The number of phenols is 2. The van der Waals surface area contributed by atoms with Crippen LogP contribution in [0.3, 0.4) is 0 Å². The fraction of sp³-hybridized carbons (Fsp3) is 0.375. The molecule has 0 radical (unpaired) electrons. The van der Waals surface area contributed by atoms with Crippen LogP contribution in [0.15, 0.2) is 26.3 Å². The van der Waals surface area contributed by atoms with Gasteiger partial charge in [0.15, 0.2) is 0 Å². The minimum absolute atomic E-state index is 0.0530. The third-order valence-electron chi connectivity index (χ3n) is 3.55. The SMILES string of the molecule is CC1=C(C(=O)OCC(C)C)C(c2cc(Br)c(O)c(Br)c2O)NC(=O)N1. The molecule has 0 saturated carbocycles. The van der Waals surface area contributed by atoms with Crippen LogP contribution in [0, 0.1) is 5.92 Å². The number of hydrogen-bond acceptors (Lipinski definition) is 5. The average Bonchev–Trinajstić information content (AvgIpc) is 2.53. The summed E-state index contributed by atoms with van der Waals surface area (Å²) < 4.78 is 5.63. The van der Waals surface area contributed by atoms with E-state index in [4.69, 9.17) is 4.74 Å². The lowest BCUT2D eigenvalue weighted by atomic mass is 9.94. The Labute approximate surface area is 161 Å². The van der Waals surface area contributed by atoms with Gasteiger partial charge in [0.25, 0.3) is 0 Å². The first-order chi connectivity index (χ1) is 11.6. The monoisotopic (exact) mass is 476 g/mol. The van der Waals surface area contributed by atoms with Crippen molar-refractivity contribution in [1.82, 2.24) is 10.6 Å². The van der Waals surface area contributed by atoms with Crippen LogP contribution in [0.2, 0.25) is 0 Å². The number of esters is 1. The molecule has 0 aliphatic carbocycles. The molecule has 2 rings (SSSR count). The van der Waals surface area contributed by atoms with Crippen LogP contribution >= 0.6 is 31.9 Å². The maximum Gasteiger partial charge on any atom is 0.338 e. The molecule has 1 aliphatic heterocycles. The summed E-state index contributed by atoms with van der Waals surface area (Å²) in [6, 6.07) is -0.00133. The molecule has 0 saturated heterocycles. The van der Waals surface area contributed by atoms with Crippen LogP contribution in [0.4, 0.5) is 4.79 Å². The number of aromatic hydroxyl groups is 2. The maximum atomic E-state index is 12.5. The normalized spacial score (nSPS) is 17.4. The fourth-order valence-corrected chi connectivity index (χ4v) is 3.51. The third kappa shape index (κ3) is 4.09. The van der Waals surface area contributed by atoms with Gasteiger partial charge in [-0.05, 0) is 50.8 Å². The van der Waals surface area contributed by atoms with Crippen LogP contribution in [-0.2, 0) is 9.53 Å². The van der Waals surface area contributed by atoms with E-state index in [0.29, 0.717) is 10.2 Å². The van der Waals surface area contributed by atoms with Crippen molar-refractivity contribution in [1.29, 1.82) is 0 Å². The van der Waals surface area contributed by atoms with Crippen molar-refractivity contribution < 1.29 is 24.5 Å². The summed E-state index contributed by atoms with van der Waals surface area (Å²) in [6.45, 7) is 5.63. The first-order valence-electron chi connectivity index (χ1n) is 7.48. The van der Waals surface area contributed by atoms with Gasteiger partial charge in [0.2, 0.25) is 0 Å². The molecule has 0 bridgehead atoms. The lowest BCUT2D eigenvalue weighted by Gasteiger charge is -2.29. The number of nitrogens with one attached hydrogen (secondary N) is 2. The Morgan fingerprint density at radius 1 is 1.32 bits per heavy atom. The molecule has 1 heterocycles. The lowest BCUT2D eigenvalue weighted by Crippen LogP contribution is -2.45. The Morgan fingerprint density at radius 3 is 2.56 bits per heavy atom. The second-order valence-electron chi connectivity index (χ2n) is 6.02. The highest BCUT2D eigenvalue weighted by atomic mass is 79.9. The van der Waals surface area contributed by atoms with E-state index in [2.05, 4.69) is 42.5 Å². The Bertz CT molecular complexity index is 761. The highest BCUT2D eigenvalue weighted by Gasteiger charge is 2.35. The predicted octanol–water partition coefficient (Wildman–Crippen LogP) is 3.45. The predicted molar refractivity (Wildman–Crippen MR) is 98.1 cm³/mol. The molecule has 25 heavy (non-hydrogen) atoms. The van der Waals surface area contributed by atoms with Gasteiger partial charge in [-0.3, -0.25) is 0 Å². The summed E-state index contributed by atoms with van der Waals surface area (Å²) in [6.07, 6.45) is 0. The van der Waals surface area contributed by atoms with E-state index in [9.17, 15) is 19.8 Å². The molecule has 1 aromatic rings. The topological polar surface area (TPSA) is 108 Å². The summed E-state index contributed by atoms with van der Waals surface area (Å²) >= 11 is 6.28. The fourth-order valence-electron chi connectivity index (χ4n) is 2.35. The molecule has 0 spiro atoms. The van der Waals surface area contributed by atoms with Gasteiger partial charge in [0.1, 0.15) is 16.0 Å². The number of urea groups is 1. The van der Waals surface area contributed by atoms with Gasteiger partial charge < -0.3 is 25.6 Å². The number of rotatable bonds is 4. The van der Waals surface area contributed by atoms with Crippen LogP contribution in [0.25, 0.3) is 0 Å². The second kappa shape index (κ2) is 7.65. The molecule has 4 N–H and O–H groups in total. The minimum atomic E-state index is -0.929. The molecule has 1 unspecified atom stereocenters. The van der Waals surface area contributed by atoms with E-state index in [-0.39, 0.29) is 39.6 Å². The molecule has 136 valence electrons. The third-order valence-corrected chi connectivity index (χ3v) is 4.90. The van der Waals surface area contributed by atoms with Crippen molar-refractivity contribution in [2.24, 2.45) is 5.92 Å². The smallest absolute Gasteiger partial charge is 0.338 e. The zero-order valence-electron chi connectivity index (χ0n) is 13.8. The van der Waals surface area contributed by atoms with Gasteiger partial charge in [0, 0.05) is 11.3 Å². The van der Waals surface area contributed by atoms with Gasteiger partial charge >= 0.3 is 12.0 Å². The average molecular weight is 478 g/mol. The van der Waals surface area contributed by atoms with Gasteiger partial charge in [-0.2, -0.15) is 0 Å². The number of halogens is 2. The Hall–Kier alpha value is -1.74. The van der Waals surface area contributed by atoms with Gasteiger partial charge in [-0.1, -0.05) is 13.8 Å². The summed E-state index contributed by atoms with van der Waals surface area (Å²) in [5, 5.41) is 25.4. The molecular weight excluding hydrogens is 460 g/mol. The molecule has 1 atom stereocenters. The summed E-state index contributed by atoms with van der Waals surface area (Å²) in [5.41, 5.74) is 0.754. The van der Waals surface area contributed by atoms with Crippen LogP contribution < -0.4 is 10.6 Å². The molecule has 1 aliphatic rings. The van der Waals surface area contributed by atoms with Crippen LogP contribution in [0.1, 0.15) is 32.4 Å². The van der Waals surface area contributed by atoms with Crippen molar-refractivity contribution >= 4 is 43.9 Å². The number of amides is 2. The van der Waals surface area contributed by atoms with E-state index in [1.165, 1.54) is 6.07 Å².